The van der Waals surface area contributed by atoms with E-state index in [2.05, 4.69) is 5.32 Å². The summed E-state index contributed by atoms with van der Waals surface area (Å²) in [6, 6.07) is 13.9. The molecule has 0 spiro atoms. The first kappa shape index (κ1) is 17.5. The zero-order chi connectivity index (χ0) is 16.9. The summed E-state index contributed by atoms with van der Waals surface area (Å²) in [6.07, 6.45) is 0. The van der Waals surface area contributed by atoms with Gasteiger partial charge in [0.1, 0.15) is 0 Å². The van der Waals surface area contributed by atoms with Gasteiger partial charge in [0, 0.05) is 11.4 Å². The maximum absolute atomic E-state index is 11.9. The van der Waals surface area contributed by atoms with Gasteiger partial charge >= 0.3 is 0 Å². The van der Waals surface area contributed by atoms with E-state index in [4.69, 9.17) is 5.14 Å². The fourth-order valence-corrected chi connectivity index (χ4v) is 3.44. The van der Waals surface area contributed by atoms with Crippen molar-refractivity contribution in [3.8, 4) is 0 Å². The maximum atomic E-state index is 11.9. The summed E-state index contributed by atoms with van der Waals surface area (Å²) in [7, 11) is -3.78. The van der Waals surface area contributed by atoms with E-state index >= 15 is 0 Å². The summed E-state index contributed by atoms with van der Waals surface area (Å²) >= 11 is 1.50. The third-order valence-electron chi connectivity index (χ3n) is 3.20. The molecule has 23 heavy (non-hydrogen) atoms. The van der Waals surface area contributed by atoms with Crippen LogP contribution in [-0.2, 0) is 20.6 Å². The molecule has 2 aromatic rings. The van der Waals surface area contributed by atoms with E-state index < -0.39 is 10.0 Å². The maximum Gasteiger partial charge on any atom is 0.238 e. The van der Waals surface area contributed by atoms with Crippen LogP contribution in [0.4, 0.5) is 5.69 Å². The number of thioether (sulfide) groups is 1. The molecule has 0 aliphatic rings. The van der Waals surface area contributed by atoms with E-state index in [1.807, 2.05) is 31.2 Å². The molecule has 7 heteroatoms. The van der Waals surface area contributed by atoms with Gasteiger partial charge in [-0.25, -0.2) is 13.6 Å². The zero-order valence-corrected chi connectivity index (χ0v) is 14.3. The fourth-order valence-electron chi connectivity index (χ4n) is 1.97. The van der Waals surface area contributed by atoms with E-state index in [0.717, 1.165) is 5.75 Å². The second-order valence-electron chi connectivity index (χ2n) is 5.04. The molecule has 2 rings (SSSR count). The lowest BCUT2D eigenvalue weighted by Gasteiger charge is -2.08. The smallest absolute Gasteiger partial charge is 0.238 e. The quantitative estimate of drug-likeness (QED) is 0.838. The van der Waals surface area contributed by atoms with Crippen molar-refractivity contribution in [3.63, 3.8) is 0 Å². The topological polar surface area (TPSA) is 89.3 Å². The number of carbonyl (C=O) groups is 1. The molecule has 0 aliphatic heterocycles. The Kier molecular flexibility index (Phi) is 5.81. The largest absolute Gasteiger partial charge is 0.325 e. The monoisotopic (exact) mass is 350 g/mol. The summed E-state index contributed by atoms with van der Waals surface area (Å²) in [4.78, 5) is 11.9. The van der Waals surface area contributed by atoms with Crippen LogP contribution in [-0.4, -0.2) is 20.1 Å². The van der Waals surface area contributed by atoms with Crippen LogP contribution in [0.1, 0.15) is 11.1 Å². The number of anilines is 1. The molecule has 2 aromatic carbocycles. The Hall–Kier alpha value is -1.83. The second-order valence-corrected chi connectivity index (χ2v) is 7.59. The van der Waals surface area contributed by atoms with Crippen LogP contribution in [0.5, 0.6) is 0 Å². The highest BCUT2D eigenvalue weighted by atomic mass is 32.2. The molecule has 0 saturated heterocycles. The Bertz CT molecular complexity index is 804. The van der Waals surface area contributed by atoms with Crippen molar-refractivity contribution < 1.29 is 13.2 Å². The summed E-state index contributed by atoms with van der Waals surface area (Å²) in [6.45, 7) is 2.04. The molecular weight excluding hydrogens is 332 g/mol. The molecule has 0 atom stereocenters. The summed E-state index contributed by atoms with van der Waals surface area (Å²) in [5, 5.41) is 7.75. The number of amides is 1. The molecule has 3 N–H and O–H groups in total. The minimum atomic E-state index is -3.78. The van der Waals surface area contributed by atoms with E-state index in [-0.39, 0.29) is 16.6 Å². The van der Waals surface area contributed by atoms with Crippen LogP contribution in [0.2, 0.25) is 0 Å². The second kappa shape index (κ2) is 7.63. The zero-order valence-electron chi connectivity index (χ0n) is 12.7. The van der Waals surface area contributed by atoms with Crippen molar-refractivity contribution in [2.45, 2.75) is 17.6 Å². The number of sulfonamides is 1. The number of aryl methyl sites for hydroxylation is 1. The molecule has 0 fully saturated rings. The van der Waals surface area contributed by atoms with Crippen molar-refractivity contribution in [3.05, 3.63) is 59.7 Å². The third-order valence-corrected chi connectivity index (χ3v) is 5.09. The van der Waals surface area contributed by atoms with Crippen LogP contribution in [0, 0.1) is 6.92 Å². The van der Waals surface area contributed by atoms with Gasteiger partial charge < -0.3 is 5.32 Å². The van der Waals surface area contributed by atoms with Gasteiger partial charge in [0.25, 0.3) is 0 Å². The predicted molar refractivity (Wildman–Crippen MR) is 93.8 cm³/mol. The van der Waals surface area contributed by atoms with E-state index in [1.165, 1.54) is 41.1 Å². The molecule has 5 nitrogen and oxygen atoms in total. The molecule has 0 radical (unpaired) electrons. The molecule has 0 aromatic heterocycles. The normalized spacial score (nSPS) is 11.2. The number of nitrogens with one attached hydrogen (secondary N) is 1. The highest BCUT2D eigenvalue weighted by Gasteiger charge is 2.09. The van der Waals surface area contributed by atoms with E-state index in [9.17, 15) is 13.2 Å². The Labute approximate surface area is 140 Å². The van der Waals surface area contributed by atoms with Gasteiger partial charge in [0.05, 0.1) is 10.6 Å². The van der Waals surface area contributed by atoms with E-state index in [1.54, 1.807) is 6.07 Å². The SMILES string of the molecule is Cc1ccccc1CSCC(=O)Nc1cccc(S(N)(=O)=O)c1. The van der Waals surface area contributed by atoms with Gasteiger partial charge in [-0.05, 0) is 36.2 Å². The van der Waals surface area contributed by atoms with Crippen molar-refractivity contribution >= 4 is 33.4 Å². The lowest BCUT2D eigenvalue weighted by molar-refractivity contribution is -0.113. The molecule has 0 bridgehead atoms. The van der Waals surface area contributed by atoms with Crippen LogP contribution < -0.4 is 10.5 Å². The van der Waals surface area contributed by atoms with Gasteiger partial charge in [0.15, 0.2) is 0 Å². The lowest BCUT2D eigenvalue weighted by Crippen LogP contribution is -2.16. The van der Waals surface area contributed by atoms with Crippen LogP contribution >= 0.6 is 11.8 Å². The van der Waals surface area contributed by atoms with Gasteiger partial charge in [0.2, 0.25) is 15.9 Å². The van der Waals surface area contributed by atoms with Crippen molar-refractivity contribution in [2.24, 2.45) is 5.14 Å². The van der Waals surface area contributed by atoms with Crippen LogP contribution in [0.3, 0.4) is 0 Å². The molecule has 1 amide bonds. The van der Waals surface area contributed by atoms with Gasteiger partial charge in [-0.15, -0.1) is 11.8 Å². The highest BCUT2D eigenvalue weighted by Crippen LogP contribution is 2.17. The minimum absolute atomic E-state index is 0.0251. The van der Waals surface area contributed by atoms with Crippen molar-refractivity contribution in [1.29, 1.82) is 0 Å². The molecule has 122 valence electrons. The van der Waals surface area contributed by atoms with E-state index in [0.29, 0.717) is 5.69 Å². The average molecular weight is 350 g/mol. The van der Waals surface area contributed by atoms with Crippen molar-refractivity contribution in [2.75, 3.05) is 11.1 Å². The van der Waals surface area contributed by atoms with Crippen LogP contribution in [0.15, 0.2) is 53.4 Å². The lowest BCUT2D eigenvalue weighted by atomic mass is 10.1. The number of primary sulfonamides is 1. The number of carbonyl (C=O) groups excluding carboxylic acids is 1. The molecule has 0 unspecified atom stereocenters. The Balaban J connectivity index is 1.89. The molecule has 0 aliphatic carbocycles. The van der Waals surface area contributed by atoms with Gasteiger partial charge in [-0.3, -0.25) is 4.79 Å². The number of nitrogens with two attached hydrogens (primary N) is 1. The third kappa shape index (κ3) is 5.38. The Morgan fingerprint density at radius 1 is 1.17 bits per heavy atom. The molecule has 0 saturated carbocycles. The summed E-state index contributed by atoms with van der Waals surface area (Å²) in [5.41, 5.74) is 2.81. The summed E-state index contributed by atoms with van der Waals surface area (Å²) in [5.74, 6) is 0.848. The minimum Gasteiger partial charge on any atom is -0.325 e. The van der Waals surface area contributed by atoms with Crippen molar-refractivity contribution in [1.82, 2.24) is 0 Å². The van der Waals surface area contributed by atoms with Gasteiger partial charge in [-0.2, -0.15) is 0 Å². The Morgan fingerprint density at radius 2 is 1.91 bits per heavy atom. The summed E-state index contributed by atoms with van der Waals surface area (Å²) < 4.78 is 22.6. The van der Waals surface area contributed by atoms with Crippen LogP contribution in [0.25, 0.3) is 0 Å². The first-order chi connectivity index (χ1) is 10.9. The Morgan fingerprint density at radius 3 is 2.61 bits per heavy atom. The predicted octanol–water partition coefficient (Wildman–Crippen LogP) is 2.51. The molecule has 0 heterocycles. The first-order valence-electron chi connectivity index (χ1n) is 6.91. The fraction of sp³-hybridized carbons (Fsp3) is 0.188. The van der Waals surface area contributed by atoms with Gasteiger partial charge in [-0.1, -0.05) is 30.3 Å². The average Bonchev–Trinajstić information content (AvgIpc) is 2.48. The number of rotatable bonds is 6. The number of benzene rings is 2. The standard InChI is InChI=1S/C16H18N2O3S2/c1-12-5-2-3-6-13(12)10-22-11-16(19)18-14-7-4-8-15(9-14)23(17,20)21/h2-9H,10-11H2,1H3,(H,18,19)(H2,17,20,21). The number of hydrogen-bond acceptors (Lipinski definition) is 4. The first-order valence-corrected chi connectivity index (χ1v) is 9.61. The highest BCUT2D eigenvalue weighted by molar-refractivity contribution is 7.99. The molecular formula is C16H18N2O3S2. The number of hydrogen-bond donors (Lipinski definition) is 2.